The maximum Gasteiger partial charge on any atom is 0.131 e. The van der Waals surface area contributed by atoms with Crippen molar-refractivity contribution in [1.82, 2.24) is 9.55 Å². The van der Waals surface area contributed by atoms with Gasteiger partial charge in [-0.25, -0.2) is 9.37 Å². The third-order valence-electron chi connectivity index (χ3n) is 2.58. The zero-order chi connectivity index (χ0) is 13.3. The Balaban J connectivity index is 2.42. The van der Waals surface area contributed by atoms with Gasteiger partial charge in [0.1, 0.15) is 17.3 Å². The van der Waals surface area contributed by atoms with Crippen molar-refractivity contribution in [3.8, 4) is 11.3 Å². The first-order valence-electron chi connectivity index (χ1n) is 5.74. The molecule has 0 saturated carbocycles. The molecular weight excluding hydrogens is 253 g/mol. The van der Waals surface area contributed by atoms with Crippen molar-refractivity contribution in [1.29, 1.82) is 0 Å². The van der Waals surface area contributed by atoms with Crippen LogP contribution in [0.5, 0.6) is 0 Å². The molecule has 0 aliphatic rings. The number of halogens is 2. The molecule has 0 bridgehead atoms. The van der Waals surface area contributed by atoms with Gasteiger partial charge in [0.25, 0.3) is 0 Å². The summed E-state index contributed by atoms with van der Waals surface area (Å²) < 4.78 is 15.2. The van der Waals surface area contributed by atoms with Gasteiger partial charge in [-0.2, -0.15) is 0 Å². The predicted molar refractivity (Wildman–Crippen MR) is 71.9 cm³/mol. The first kappa shape index (κ1) is 12.9. The first-order chi connectivity index (χ1) is 8.47. The third-order valence-corrected chi connectivity index (χ3v) is 2.79. The second-order valence-corrected chi connectivity index (χ2v) is 5.12. The molecule has 3 nitrogen and oxygen atoms in total. The average molecular weight is 268 g/mol. The highest BCUT2D eigenvalue weighted by molar-refractivity contribution is 6.30. The van der Waals surface area contributed by atoms with Gasteiger partial charge in [-0.1, -0.05) is 25.4 Å². The molecule has 0 spiro atoms. The zero-order valence-corrected chi connectivity index (χ0v) is 11.1. The van der Waals surface area contributed by atoms with Crippen LogP contribution < -0.4 is 5.73 Å². The van der Waals surface area contributed by atoms with Crippen LogP contribution in [-0.2, 0) is 6.54 Å². The lowest BCUT2D eigenvalue weighted by atomic mass is 10.1. The highest BCUT2D eigenvalue weighted by Gasteiger charge is 2.12. The molecule has 5 heteroatoms. The van der Waals surface area contributed by atoms with E-state index in [1.165, 1.54) is 12.1 Å². The lowest BCUT2D eigenvalue weighted by Crippen LogP contribution is -2.06. The Hall–Kier alpha value is -1.55. The Morgan fingerprint density at radius 2 is 2.11 bits per heavy atom. The van der Waals surface area contributed by atoms with E-state index in [-0.39, 0.29) is 0 Å². The summed E-state index contributed by atoms with van der Waals surface area (Å²) in [5.41, 5.74) is 7.18. The Morgan fingerprint density at radius 3 is 2.72 bits per heavy atom. The number of nitrogens with two attached hydrogens (primary N) is 1. The van der Waals surface area contributed by atoms with E-state index >= 15 is 0 Å². The highest BCUT2D eigenvalue weighted by atomic mass is 35.5. The average Bonchev–Trinajstić information content (AvgIpc) is 2.58. The van der Waals surface area contributed by atoms with E-state index in [1.807, 2.05) is 4.57 Å². The van der Waals surface area contributed by atoms with Gasteiger partial charge in [0.05, 0.1) is 6.33 Å². The van der Waals surface area contributed by atoms with Crippen molar-refractivity contribution in [2.24, 2.45) is 5.92 Å². The minimum Gasteiger partial charge on any atom is -0.383 e. The van der Waals surface area contributed by atoms with Gasteiger partial charge in [0.15, 0.2) is 0 Å². The first-order valence-corrected chi connectivity index (χ1v) is 6.12. The van der Waals surface area contributed by atoms with Gasteiger partial charge in [-0.05, 0) is 24.1 Å². The Bertz CT molecular complexity index is 543. The second kappa shape index (κ2) is 4.98. The maximum absolute atomic E-state index is 13.3. The Kier molecular flexibility index (Phi) is 3.57. The van der Waals surface area contributed by atoms with Crippen LogP contribution in [0.1, 0.15) is 13.8 Å². The summed E-state index contributed by atoms with van der Waals surface area (Å²) in [6.07, 6.45) is 1.67. The molecule has 0 aliphatic carbocycles. The van der Waals surface area contributed by atoms with E-state index in [1.54, 1.807) is 12.4 Å². The van der Waals surface area contributed by atoms with E-state index in [2.05, 4.69) is 18.8 Å². The smallest absolute Gasteiger partial charge is 0.131 e. The fourth-order valence-corrected chi connectivity index (χ4v) is 2.07. The zero-order valence-electron chi connectivity index (χ0n) is 10.3. The SMILES string of the molecule is CC(C)Cn1cnc(-c2cc(F)cc(Cl)c2)c1N. The third kappa shape index (κ3) is 2.64. The predicted octanol–water partition coefficient (Wildman–Crippen LogP) is 3.58. The van der Waals surface area contributed by atoms with Gasteiger partial charge in [-0.3, -0.25) is 0 Å². The Labute approximate surface area is 110 Å². The van der Waals surface area contributed by atoms with Crippen molar-refractivity contribution in [2.45, 2.75) is 20.4 Å². The minimum atomic E-state index is -0.393. The summed E-state index contributed by atoms with van der Waals surface area (Å²) >= 11 is 5.83. The molecule has 0 aliphatic heterocycles. The highest BCUT2D eigenvalue weighted by Crippen LogP contribution is 2.28. The molecule has 2 N–H and O–H groups in total. The van der Waals surface area contributed by atoms with E-state index < -0.39 is 5.82 Å². The maximum atomic E-state index is 13.3. The van der Waals surface area contributed by atoms with Crippen molar-refractivity contribution < 1.29 is 4.39 Å². The van der Waals surface area contributed by atoms with Crippen LogP contribution in [0.3, 0.4) is 0 Å². The molecule has 0 fully saturated rings. The van der Waals surface area contributed by atoms with Crippen molar-refractivity contribution in [3.63, 3.8) is 0 Å². The summed E-state index contributed by atoms with van der Waals surface area (Å²) in [6, 6.07) is 4.29. The molecule has 1 heterocycles. The van der Waals surface area contributed by atoms with Gasteiger partial charge in [0.2, 0.25) is 0 Å². The fourth-order valence-electron chi connectivity index (χ4n) is 1.84. The summed E-state index contributed by atoms with van der Waals surface area (Å²) in [7, 11) is 0. The molecule has 1 aromatic carbocycles. The molecule has 18 heavy (non-hydrogen) atoms. The number of nitrogen functional groups attached to an aromatic ring is 1. The number of hydrogen-bond donors (Lipinski definition) is 1. The monoisotopic (exact) mass is 267 g/mol. The Morgan fingerprint density at radius 1 is 1.39 bits per heavy atom. The van der Waals surface area contributed by atoms with Crippen LogP contribution in [0.2, 0.25) is 5.02 Å². The van der Waals surface area contributed by atoms with Crippen LogP contribution in [-0.4, -0.2) is 9.55 Å². The fraction of sp³-hybridized carbons (Fsp3) is 0.308. The normalized spacial score (nSPS) is 11.2. The second-order valence-electron chi connectivity index (χ2n) is 4.68. The molecule has 96 valence electrons. The lowest BCUT2D eigenvalue weighted by Gasteiger charge is -2.08. The van der Waals surface area contributed by atoms with E-state index in [9.17, 15) is 4.39 Å². The summed E-state index contributed by atoms with van der Waals surface area (Å²) in [5, 5.41) is 0.336. The summed E-state index contributed by atoms with van der Waals surface area (Å²) in [6.45, 7) is 4.97. The lowest BCUT2D eigenvalue weighted by molar-refractivity contribution is 0.527. The molecule has 2 aromatic rings. The van der Waals surface area contributed by atoms with Gasteiger partial charge >= 0.3 is 0 Å². The van der Waals surface area contributed by atoms with Gasteiger partial charge in [-0.15, -0.1) is 0 Å². The standard InChI is InChI=1S/C13H15ClFN3/c1-8(2)6-18-7-17-12(13(18)16)9-3-10(14)5-11(15)4-9/h3-5,7-8H,6,16H2,1-2H3. The summed E-state index contributed by atoms with van der Waals surface area (Å²) in [4.78, 5) is 4.23. The molecule has 1 aromatic heterocycles. The summed E-state index contributed by atoms with van der Waals surface area (Å²) in [5.74, 6) is 0.603. The molecule has 0 radical (unpaired) electrons. The van der Waals surface area contributed by atoms with Crippen LogP contribution >= 0.6 is 11.6 Å². The topological polar surface area (TPSA) is 43.8 Å². The molecule has 0 saturated heterocycles. The molecule has 0 amide bonds. The minimum absolute atomic E-state index is 0.336. The van der Waals surface area contributed by atoms with Crippen molar-refractivity contribution in [3.05, 3.63) is 35.4 Å². The van der Waals surface area contributed by atoms with E-state index in [0.717, 1.165) is 6.54 Å². The number of anilines is 1. The molecule has 2 rings (SSSR count). The largest absolute Gasteiger partial charge is 0.383 e. The van der Waals surface area contributed by atoms with Gasteiger partial charge in [0, 0.05) is 17.1 Å². The number of benzene rings is 1. The number of nitrogens with zero attached hydrogens (tertiary/aromatic N) is 2. The van der Waals surface area contributed by atoms with E-state index in [4.69, 9.17) is 17.3 Å². The van der Waals surface area contributed by atoms with Crippen LogP contribution in [0.15, 0.2) is 24.5 Å². The number of hydrogen-bond acceptors (Lipinski definition) is 2. The van der Waals surface area contributed by atoms with Crippen molar-refractivity contribution >= 4 is 17.4 Å². The molecule has 0 atom stereocenters. The number of rotatable bonds is 3. The number of imidazole rings is 1. The van der Waals surface area contributed by atoms with Crippen LogP contribution in [0.25, 0.3) is 11.3 Å². The molecule has 0 unspecified atom stereocenters. The number of aromatic nitrogens is 2. The van der Waals surface area contributed by atoms with E-state index in [0.29, 0.717) is 28.0 Å². The quantitative estimate of drug-likeness (QED) is 0.924. The van der Waals surface area contributed by atoms with Gasteiger partial charge < -0.3 is 10.3 Å². The van der Waals surface area contributed by atoms with Crippen LogP contribution in [0, 0.1) is 11.7 Å². The molecular formula is C13H15ClFN3. The van der Waals surface area contributed by atoms with Crippen molar-refractivity contribution in [2.75, 3.05) is 5.73 Å². The van der Waals surface area contributed by atoms with Crippen LogP contribution in [0.4, 0.5) is 10.2 Å².